The molecule has 2 atom stereocenters. The molecule has 1 aromatic carbocycles. The van der Waals surface area contributed by atoms with Gasteiger partial charge < -0.3 is 14.8 Å². The van der Waals surface area contributed by atoms with Crippen LogP contribution in [0.3, 0.4) is 0 Å². The number of H-pyrrole nitrogens is 1. The van der Waals surface area contributed by atoms with Crippen molar-refractivity contribution in [2.75, 3.05) is 0 Å². The monoisotopic (exact) mass is 273 g/mol. The molecule has 104 valence electrons. The van der Waals surface area contributed by atoms with Crippen molar-refractivity contribution in [3.8, 4) is 11.5 Å². The summed E-state index contributed by atoms with van der Waals surface area (Å²) < 4.78 is 5.68. The molecule has 2 aromatic rings. The fraction of sp³-hybridized carbons (Fsp3) is 0.333. The summed E-state index contributed by atoms with van der Waals surface area (Å²) >= 11 is 0. The van der Waals surface area contributed by atoms with E-state index in [2.05, 4.69) is 4.98 Å². The topological polar surface area (TPSA) is 79.4 Å². The Hall–Kier alpha value is -2.30. The molecule has 5 heteroatoms. The molecular weight excluding hydrogens is 258 g/mol. The van der Waals surface area contributed by atoms with Crippen LogP contribution in [0.5, 0.6) is 11.5 Å². The maximum absolute atomic E-state index is 12.5. The first-order chi connectivity index (χ1) is 9.40. The van der Waals surface area contributed by atoms with E-state index in [4.69, 9.17) is 4.74 Å². The minimum absolute atomic E-state index is 0.00190. The average Bonchev–Trinajstić information content (AvgIpc) is 2.34. The van der Waals surface area contributed by atoms with Crippen LogP contribution in [0.15, 0.2) is 16.9 Å². The zero-order valence-corrected chi connectivity index (χ0v) is 11.5. The molecular formula is C15H15NO4. The van der Waals surface area contributed by atoms with Crippen molar-refractivity contribution in [2.24, 2.45) is 5.92 Å². The van der Waals surface area contributed by atoms with Crippen molar-refractivity contribution in [3.05, 3.63) is 33.6 Å². The highest BCUT2D eigenvalue weighted by molar-refractivity contribution is 6.12. The van der Waals surface area contributed by atoms with Gasteiger partial charge >= 0.3 is 0 Å². The second-order valence-electron chi connectivity index (χ2n) is 5.31. The number of ether oxygens (including phenoxy) is 1. The molecule has 0 aliphatic carbocycles. The van der Waals surface area contributed by atoms with E-state index in [1.54, 1.807) is 13.8 Å². The smallest absolute Gasteiger partial charge is 0.248 e. The van der Waals surface area contributed by atoms with Gasteiger partial charge in [-0.1, -0.05) is 6.92 Å². The summed E-state index contributed by atoms with van der Waals surface area (Å²) in [4.78, 5) is 26.8. The number of nitrogens with one attached hydrogen (secondary N) is 1. The third kappa shape index (κ3) is 1.62. The van der Waals surface area contributed by atoms with Crippen LogP contribution in [0.25, 0.3) is 10.9 Å². The van der Waals surface area contributed by atoms with Crippen LogP contribution in [-0.4, -0.2) is 22.0 Å². The van der Waals surface area contributed by atoms with E-state index < -0.39 is 0 Å². The zero-order chi connectivity index (χ0) is 14.6. The van der Waals surface area contributed by atoms with Crippen LogP contribution < -0.4 is 10.3 Å². The quantitative estimate of drug-likeness (QED) is 0.770. The average molecular weight is 273 g/mol. The molecule has 1 aliphatic heterocycles. The summed E-state index contributed by atoms with van der Waals surface area (Å²) in [5.41, 5.74) is 1.03. The maximum Gasteiger partial charge on any atom is 0.248 e. The van der Waals surface area contributed by atoms with Gasteiger partial charge in [-0.15, -0.1) is 0 Å². The molecule has 1 aromatic heterocycles. The van der Waals surface area contributed by atoms with Crippen LogP contribution in [-0.2, 0) is 0 Å². The van der Waals surface area contributed by atoms with Crippen LogP contribution in [0.4, 0.5) is 0 Å². The van der Waals surface area contributed by atoms with E-state index >= 15 is 0 Å². The van der Waals surface area contributed by atoms with Crippen LogP contribution in [0.2, 0.25) is 0 Å². The lowest BCUT2D eigenvalue weighted by Gasteiger charge is -2.28. The van der Waals surface area contributed by atoms with E-state index in [9.17, 15) is 14.7 Å². The number of fused-ring (bicyclic) bond motifs is 3. The number of benzene rings is 1. The van der Waals surface area contributed by atoms with E-state index in [0.717, 1.165) is 0 Å². The molecule has 5 nitrogen and oxygen atoms in total. The highest BCUT2D eigenvalue weighted by Crippen LogP contribution is 2.40. The number of pyridine rings is 1. The predicted molar refractivity (Wildman–Crippen MR) is 74.6 cm³/mol. The Morgan fingerprint density at radius 3 is 2.65 bits per heavy atom. The molecule has 0 spiro atoms. The van der Waals surface area contributed by atoms with Crippen LogP contribution >= 0.6 is 0 Å². The number of aryl methyl sites for hydroxylation is 1. The number of rotatable bonds is 0. The number of carbonyl (C=O) groups excluding carboxylic acids is 1. The van der Waals surface area contributed by atoms with Crippen molar-refractivity contribution in [1.82, 2.24) is 4.98 Å². The Bertz CT molecular complexity index is 791. The lowest BCUT2D eigenvalue weighted by molar-refractivity contribution is 0.0733. The Balaban J connectivity index is 2.47. The molecule has 0 fully saturated rings. The SMILES string of the molecule is Cc1cc(=O)[nH]c2c3c(cc(O)c12)OC(C)C(C)C3=O. The Labute approximate surface area is 115 Å². The predicted octanol–water partition coefficient (Wildman–Crippen LogP) is 2.14. The summed E-state index contributed by atoms with van der Waals surface area (Å²) in [7, 11) is 0. The Morgan fingerprint density at radius 1 is 1.25 bits per heavy atom. The van der Waals surface area contributed by atoms with Gasteiger partial charge in [0.25, 0.3) is 0 Å². The molecule has 2 heterocycles. The first-order valence-electron chi connectivity index (χ1n) is 6.50. The Morgan fingerprint density at radius 2 is 1.95 bits per heavy atom. The third-order valence-corrected chi connectivity index (χ3v) is 3.94. The van der Waals surface area contributed by atoms with Crippen molar-refractivity contribution in [3.63, 3.8) is 0 Å². The highest BCUT2D eigenvalue weighted by Gasteiger charge is 2.34. The first-order valence-corrected chi connectivity index (χ1v) is 6.50. The van der Waals surface area contributed by atoms with Gasteiger partial charge in [0, 0.05) is 17.5 Å². The van der Waals surface area contributed by atoms with Gasteiger partial charge in [0.05, 0.1) is 17.0 Å². The standard InChI is InChI=1S/C15H15NO4/c1-6-4-11(18)16-14-12(6)9(17)5-10-13(14)15(19)7(2)8(3)20-10/h4-5,7-8,17H,1-3H3,(H,16,18). The third-order valence-electron chi connectivity index (χ3n) is 3.94. The lowest BCUT2D eigenvalue weighted by atomic mass is 9.89. The van der Waals surface area contributed by atoms with Crippen LogP contribution in [0.1, 0.15) is 29.8 Å². The maximum atomic E-state index is 12.5. The van der Waals surface area contributed by atoms with Crippen molar-refractivity contribution in [2.45, 2.75) is 26.9 Å². The van der Waals surface area contributed by atoms with Crippen LogP contribution in [0, 0.1) is 12.8 Å². The summed E-state index contributed by atoms with van der Waals surface area (Å²) in [5.74, 6) is -0.0434. The number of aromatic amines is 1. The molecule has 1 aliphatic rings. The second-order valence-corrected chi connectivity index (χ2v) is 5.31. The first kappa shape index (κ1) is 12.7. The molecule has 0 saturated carbocycles. The minimum atomic E-state index is -0.304. The fourth-order valence-electron chi connectivity index (χ4n) is 2.68. The van der Waals surface area contributed by atoms with Gasteiger partial charge in [-0.3, -0.25) is 9.59 Å². The lowest BCUT2D eigenvalue weighted by Crippen LogP contribution is -2.34. The highest BCUT2D eigenvalue weighted by atomic mass is 16.5. The normalized spacial score (nSPS) is 21.6. The Kier molecular flexibility index (Phi) is 2.61. The number of hydrogen-bond acceptors (Lipinski definition) is 4. The number of phenols is 1. The molecule has 0 radical (unpaired) electrons. The van der Waals surface area contributed by atoms with Gasteiger partial charge in [0.1, 0.15) is 17.6 Å². The molecule has 0 saturated heterocycles. The van der Waals surface area contributed by atoms with Gasteiger partial charge in [-0.2, -0.15) is 0 Å². The van der Waals surface area contributed by atoms with E-state index in [0.29, 0.717) is 27.8 Å². The number of hydrogen-bond donors (Lipinski definition) is 2. The number of carbonyl (C=O) groups is 1. The van der Waals surface area contributed by atoms with Gasteiger partial charge in [0.15, 0.2) is 5.78 Å². The fourth-order valence-corrected chi connectivity index (χ4v) is 2.68. The number of aromatic nitrogens is 1. The molecule has 20 heavy (non-hydrogen) atoms. The largest absolute Gasteiger partial charge is 0.507 e. The summed E-state index contributed by atoms with van der Waals surface area (Å²) in [5, 5.41) is 10.6. The molecule has 3 rings (SSSR count). The van der Waals surface area contributed by atoms with E-state index in [1.807, 2.05) is 6.92 Å². The molecule has 0 amide bonds. The van der Waals surface area contributed by atoms with Gasteiger partial charge in [-0.25, -0.2) is 0 Å². The second kappa shape index (κ2) is 4.10. The van der Waals surface area contributed by atoms with E-state index in [-0.39, 0.29) is 29.1 Å². The number of phenolic OH excluding ortho intramolecular Hbond substituents is 1. The molecule has 2 N–H and O–H groups in total. The zero-order valence-electron chi connectivity index (χ0n) is 11.5. The van der Waals surface area contributed by atoms with Crippen molar-refractivity contribution >= 4 is 16.7 Å². The number of aromatic hydroxyl groups is 1. The molecule has 2 unspecified atom stereocenters. The summed E-state index contributed by atoms with van der Waals surface area (Å²) in [6.07, 6.45) is -0.261. The van der Waals surface area contributed by atoms with Gasteiger partial charge in [-0.05, 0) is 19.4 Å². The number of ketones is 1. The van der Waals surface area contributed by atoms with E-state index in [1.165, 1.54) is 12.1 Å². The van der Waals surface area contributed by atoms with Gasteiger partial charge in [0.2, 0.25) is 5.56 Å². The minimum Gasteiger partial charge on any atom is -0.507 e. The summed E-state index contributed by atoms with van der Waals surface area (Å²) in [6.45, 7) is 5.33. The van der Waals surface area contributed by atoms with Crippen molar-refractivity contribution < 1.29 is 14.6 Å². The summed E-state index contributed by atoms with van der Waals surface area (Å²) in [6, 6.07) is 2.85. The molecule has 0 bridgehead atoms. The van der Waals surface area contributed by atoms with Crippen molar-refractivity contribution in [1.29, 1.82) is 0 Å². The number of Topliss-reactive ketones (excluding diaryl/α,β-unsaturated/α-hetero) is 1.